The Bertz CT molecular complexity index is 1150. The summed E-state index contributed by atoms with van der Waals surface area (Å²) in [6.45, 7) is 5.59. The highest BCUT2D eigenvalue weighted by Gasteiger charge is 2.23. The van der Waals surface area contributed by atoms with Crippen LogP contribution in [-0.2, 0) is 0 Å². The van der Waals surface area contributed by atoms with E-state index < -0.39 is 0 Å². The van der Waals surface area contributed by atoms with Crippen LogP contribution in [0.25, 0.3) is 11.1 Å². The monoisotopic (exact) mass is 453 g/mol. The van der Waals surface area contributed by atoms with Crippen LogP contribution >= 0.6 is 11.6 Å². The van der Waals surface area contributed by atoms with Gasteiger partial charge in [0.15, 0.2) is 0 Å². The zero-order valence-electron chi connectivity index (χ0n) is 19.1. The molecule has 8 nitrogen and oxygen atoms in total. The summed E-state index contributed by atoms with van der Waals surface area (Å²) in [5.74, 6) is 2.29. The minimum absolute atomic E-state index is 0.247. The number of ether oxygens (including phenoxy) is 1. The van der Waals surface area contributed by atoms with Crippen molar-refractivity contribution in [2.45, 2.75) is 26.8 Å². The topological polar surface area (TPSA) is 113 Å². The van der Waals surface area contributed by atoms with Crippen molar-refractivity contribution in [3.05, 3.63) is 52.4 Å². The number of halogens is 1. The number of anilines is 3. The van der Waals surface area contributed by atoms with E-state index in [1.165, 1.54) is 6.33 Å². The van der Waals surface area contributed by atoms with Crippen molar-refractivity contribution in [3.63, 3.8) is 0 Å². The third-order valence-corrected chi connectivity index (χ3v) is 5.67. The Morgan fingerprint density at radius 1 is 1.25 bits per heavy atom. The summed E-state index contributed by atoms with van der Waals surface area (Å²) in [6, 6.07) is 5.61. The Kier molecular flexibility index (Phi) is 6.84. The highest BCUT2D eigenvalue weighted by Crippen LogP contribution is 2.43. The standard InChI is InChI=1S/C23H28ClN7O/c1-12-17(24)9-16(14(3)30-23-20(13(2)25)22(26)28-11-29-23)21(32-6)19(12)15-7-8-18(27-10-15)31(4)5/h7-11,14,25H,1-6H3,(H3,26,28,29,30). The van der Waals surface area contributed by atoms with Crippen LogP contribution in [0.5, 0.6) is 5.75 Å². The third kappa shape index (κ3) is 4.45. The highest BCUT2D eigenvalue weighted by atomic mass is 35.5. The van der Waals surface area contributed by atoms with E-state index in [0.29, 0.717) is 22.2 Å². The van der Waals surface area contributed by atoms with Gasteiger partial charge in [0.2, 0.25) is 0 Å². The van der Waals surface area contributed by atoms with Crippen molar-refractivity contribution >= 4 is 34.8 Å². The number of nitrogens with one attached hydrogen (secondary N) is 2. The molecule has 0 saturated heterocycles. The average molecular weight is 454 g/mol. The van der Waals surface area contributed by atoms with E-state index in [4.69, 9.17) is 27.5 Å². The summed E-state index contributed by atoms with van der Waals surface area (Å²) in [4.78, 5) is 14.8. The second-order valence-electron chi connectivity index (χ2n) is 7.75. The predicted octanol–water partition coefficient (Wildman–Crippen LogP) is 4.72. The molecular formula is C23H28ClN7O. The van der Waals surface area contributed by atoms with Crippen LogP contribution in [0.3, 0.4) is 0 Å². The molecule has 1 atom stereocenters. The number of rotatable bonds is 7. The molecule has 0 bridgehead atoms. The predicted molar refractivity (Wildman–Crippen MR) is 131 cm³/mol. The number of benzene rings is 1. The lowest BCUT2D eigenvalue weighted by atomic mass is 9.94. The molecule has 0 aliphatic rings. The maximum Gasteiger partial charge on any atom is 0.141 e. The number of methoxy groups -OCH3 is 1. The normalized spacial score (nSPS) is 11.7. The molecule has 3 rings (SSSR count). The van der Waals surface area contributed by atoms with Gasteiger partial charge in [-0.3, -0.25) is 0 Å². The van der Waals surface area contributed by atoms with Crippen LogP contribution in [0.1, 0.15) is 36.6 Å². The molecule has 0 saturated carbocycles. The van der Waals surface area contributed by atoms with E-state index in [2.05, 4.69) is 20.3 Å². The summed E-state index contributed by atoms with van der Waals surface area (Å²) >= 11 is 6.64. The van der Waals surface area contributed by atoms with Crippen LogP contribution in [0, 0.1) is 12.3 Å². The number of pyridine rings is 1. The molecule has 0 aliphatic carbocycles. The number of nitrogens with two attached hydrogens (primary N) is 1. The molecule has 0 radical (unpaired) electrons. The fourth-order valence-electron chi connectivity index (χ4n) is 3.59. The summed E-state index contributed by atoms with van der Waals surface area (Å²) < 4.78 is 5.87. The lowest BCUT2D eigenvalue weighted by Crippen LogP contribution is -2.15. The van der Waals surface area contributed by atoms with Gasteiger partial charge in [-0.25, -0.2) is 15.0 Å². The fraction of sp³-hybridized carbons (Fsp3) is 0.304. The van der Waals surface area contributed by atoms with Crippen molar-refractivity contribution in [2.75, 3.05) is 37.2 Å². The van der Waals surface area contributed by atoms with Gasteiger partial charge in [0.25, 0.3) is 0 Å². The summed E-state index contributed by atoms with van der Waals surface area (Å²) in [7, 11) is 5.53. The van der Waals surface area contributed by atoms with Crippen LogP contribution < -0.4 is 20.7 Å². The first-order valence-electron chi connectivity index (χ1n) is 10.1. The molecule has 0 spiro atoms. The molecular weight excluding hydrogens is 426 g/mol. The highest BCUT2D eigenvalue weighted by molar-refractivity contribution is 6.32. The molecule has 2 heterocycles. The SMILES string of the molecule is COc1c(C(C)Nc2ncnc(N)c2C(C)=N)cc(Cl)c(C)c1-c1ccc(N(C)C)nc1. The number of aromatic nitrogens is 3. The number of nitrogens with zero attached hydrogens (tertiary/aromatic N) is 4. The van der Waals surface area contributed by atoms with Crippen molar-refractivity contribution in [1.29, 1.82) is 5.41 Å². The van der Waals surface area contributed by atoms with Crippen molar-refractivity contribution in [1.82, 2.24) is 15.0 Å². The second-order valence-corrected chi connectivity index (χ2v) is 8.16. The van der Waals surface area contributed by atoms with E-state index in [1.807, 2.05) is 57.2 Å². The van der Waals surface area contributed by atoms with Gasteiger partial charge in [0, 0.05) is 47.7 Å². The van der Waals surface area contributed by atoms with Crippen LogP contribution in [-0.4, -0.2) is 41.9 Å². The molecule has 3 aromatic rings. The first-order valence-corrected chi connectivity index (χ1v) is 10.5. The van der Waals surface area contributed by atoms with E-state index in [9.17, 15) is 0 Å². The average Bonchev–Trinajstić information content (AvgIpc) is 2.75. The summed E-state index contributed by atoms with van der Waals surface area (Å²) in [5, 5.41) is 12.0. The van der Waals surface area contributed by atoms with Crippen molar-refractivity contribution in [2.24, 2.45) is 0 Å². The molecule has 1 aromatic carbocycles. The molecule has 0 aliphatic heterocycles. The third-order valence-electron chi connectivity index (χ3n) is 5.27. The first-order chi connectivity index (χ1) is 15.1. The Hall–Kier alpha value is -3.39. The second kappa shape index (κ2) is 9.40. The Morgan fingerprint density at radius 2 is 1.97 bits per heavy atom. The molecule has 0 amide bonds. The van der Waals surface area contributed by atoms with E-state index in [-0.39, 0.29) is 17.6 Å². The quantitative estimate of drug-likeness (QED) is 0.443. The van der Waals surface area contributed by atoms with Gasteiger partial charge in [0.05, 0.1) is 18.7 Å². The maximum absolute atomic E-state index is 8.04. The zero-order chi connectivity index (χ0) is 23.6. The molecule has 4 N–H and O–H groups in total. The summed E-state index contributed by atoms with van der Waals surface area (Å²) in [5.41, 5.74) is 10.3. The van der Waals surface area contributed by atoms with Crippen LogP contribution in [0.15, 0.2) is 30.7 Å². The molecule has 9 heteroatoms. The van der Waals surface area contributed by atoms with Crippen LogP contribution in [0.2, 0.25) is 5.02 Å². The lowest BCUT2D eigenvalue weighted by Gasteiger charge is -2.23. The van der Waals surface area contributed by atoms with Crippen LogP contribution in [0.4, 0.5) is 17.5 Å². The molecule has 32 heavy (non-hydrogen) atoms. The van der Waals surface area contributed by atoms with Gasteiger partial charge in [-0.15, -0.1) is 0 Å². The first kappa shape index (κ1) is 23.3. The van der Waals surface area contributed by atoms with Gasteiger partial charge in [-0.2, -0.15) is 0 Å². The lowest BCUT2D eigenvalue weighted by molar-refractivity contribution is 0.409. The van der Waals surface area contributed by atoms with Gasteiger partial charge >= 0.3 is 0 Å². The number of hydrogen-bond acceptors (Lipinski definition) is 8. The van der Waals surface area contributed by atoms with E-state index >= 15 is 0 Å². The fourth-order valence-corrected chi connectivity index (χ4v) is 3.81. The Balaban J connectivity index is 2.10. The minimum atomic E-state index is -0.247. The van der Waals surface area contributed by atoms with E-state index in [0.717, 1.165) is 28.1 Å². The van der Waals surface area contributed by atoms with Gasteiger partial charge in [-0.05, 0) is 44.5 Å². The smallest absolute Gasteiger partial charge is 0.141 e. The maximum atomic E-state index is 8.04. The Morgan fingerprint density at radius 3 is 2.53 bits per heavy atom. The largest absolute Gasteiger partial charge is 0.496 e. The van der Waals surface area contributed by atoms with Crippen molar-refractivity contribution < 1.29 is 4.74 Å². The van der Waals surface area contributed by atoms with E-state index in [1.54, 1.807) is 14.0 Å². The number of nitrogen functional groups attached to an aromatic ring is 1. The number of hydrogen-bond donors (Lipinski definition) is 3. The van der Waals surface area contributed by atoms with Gasteiger partial charge < -0.3 is 26.1 Å². The summed E-state index contributed by atoms with van der Waals surface area (Å²) in [6.07, 6.45) is 3.19. The van der Waals surface area contributed by atoms with Crippen molar-refractivity contribution in [3.8, 4) is 16.9 Å². The minimum Gasteiger partial charge on any atom is -0.496 e. The zero-order valence-corrected chi connectivity index (χ0v) is 19.9. The Labute approximate surface area is 193 Å². The van der Waals surface area contributed by atoms with Gasteiger partial charge in [0.1, 0.15) is 29.5 Å². The molecule has 1 unspecified atom stereocenters. The molecule has 2 aromatic heterocycles. The van der Waals surface area contributed by atoms with Gasteiger partial charge in [-0.1, -0.05) is 11.6 Å². The molecule has 0 fully saturated rings. The molecule has 168 valence electrons.